The molecule has 0 saturated carbocycles. The highest BCUT2D eigenvalue weighted by atomic mass is 32.3. The molecule has 108 heavy (non-hydrogen) atoms. The van der Waals surface area contributed by atoms with Gasteiger partial charge in [-0.05, 0) is 0 Å². The van der Waals surface area contributed by atoms with Crippen LogP contribution >= 0.6 is 0 Å². The second-order valence-corrected chi connectivity index (χ2v) is 28.9. The molecule has 5 saturated heterocycles. The minimum atomic E-state index is -6.18. The lowest BCUT2D eigenvalue weighted by Crippen LogP contribution is -2.70. The summed E-state index contributed by atoms with van der Waals surface area (Å²) in [5, 5.41) is 24.3. The van der Waals surface area contributed by atoms with E-state index in [0.29, 0.717) is 0 Å². The summed E-state index contributed by atoms with van der Waals surface area (Å²) in [6.07, 6.45) is -49.8. The number of aliphatic carboxylic acids is 2. The Hall–Kier alpha value is -3.65. The standard InChI is InChI=1S/C51H85NO50S6/c1-10-11-12-27(53)52-13-14-84-15-16-85-17-18-86-19-20-87-28-24(21-88-103(58,59)60)92-48(40(80-6)31(28)76-2)96-35-33(78-4)42(82-8)50(99-38(35)45(54)55)95-30-26(23-90-105(64,65)66)93-51(44(102-108(73,74)75)37(30)100-106(67,68)69)97-36-34(79-5)41(81-7)49(98-39(36)46(56)57)94-29-25(22-89-104(61,62)63)91-47(83-9)43(32(29)77-3)101-107(70,71)72/h1,24-26,28-44,47-51H,11-23H2,2-9H3,(H,52,53)(H,54,55)(H,56,57)(H,58,59,60)(H,61,62,63)(H,64,65,66)(H,67,68,69)(H,70,71,72)(H,73,74,75)/t24-,25-,26-,28-,29-,30-,31+,32+,33+,34+,35+,36+,37+,38+,39-,40-,41-,42-,43-,44-,47+,48-,49-,50-,51-/m1/s1. The third-order valence-corrected chi connectivity index (χ3v) is 18.4. The van der Waals surface area contributed by atoms with Crippen LogP contribution in [0.1, 0.15) is 12.8 Å². The van der Waals surface area contributed by atoms with Crippen LogP contribution in [0.5, 0.6) is 0 Å². The maximum atomic E-state index is 13.5. The molecule has 0 unspecified atom stereocenters. The fraction of sp³-hybridized carbons (Fsp3) is 0.902. The van der Waals surface area contributed by atoms with Gasteiger partial charge in [-0.25, -0.2) is 34.7 Å². The van der Waals surface area contributed by atoms with Crippen molar-refractivity contribution in [3.8, 4) is 12.3 Å². The third kappa shape index (κ3) is 29.3. The van der Waals surface area contributed by atoms with E-state index >= 15 is 0 Å². The van der Waals surface area contributed by atoms with Crippen LogP contribution in [0.3, 0.4) is 0 Å². The molecule has 5 rings (SSSR count). The number of terminal acetylenes is 1. The molecule has 0 bridgehead atoms. The summed E-state index contributed by atoms with van der Waals surface area (Å²) < 4.78 is 355. The Balaban J connectivity index is 1.48. The number of nitrogens with one attached hydrogen (secondary N) is 1. The molecule has 57 heteroatoms. The van der Waals surface area contributed by atoms with E-state index < -0.39 is 248 Å². The molecular weight excluding hydrogens is 1620 g/mol. The maximum absolute atomic E-state index is 13.5. The zero-order valence-electron chi connectivity index (χ0n) is 57.9. The van der Waals surface area contributed by atoms with Crippen molar-refractivity contribution in [1.82, 2.24) is 5.32 Å². The molecule has 5 heterocycles. The average molecular weight is 1700 g/mol. The molecule has 5 aliphatic heterocycles. The molecule has 5 aliphatic rings. The van der Waals surface area contributed by atoms with E-state index in [1.165, 1.54) is 0 Å². The molecule has 630 valence electrons. The number of methoxy groups -OCH3 is 8. The Morgan fingerprint density at radius 3 is 1.03 bits per heavy atom. The van der Waals surface area contributed by atoms with Crippen molar-refractivity contribution in [2.24, 2.45) is 0 Å². The van der Waals surface area contributed by atoms with E-state index in [0.717, 1.165) is 56.9 Å². The molecule has 9 N–H and O–H groups in total. The largest absolute Gasteiger partial charge is 0.479 e. The van der Waals surface area contributed by atoms with Crippen LogP contribution in [-0.2, 0) is 201 Å². The van der Waals surface area contributed by atoms with Crippen LogP contribution in [0.25, 0.3) is 0 Å². The van der Waals surface area contributed by atoms with Crippen LogP contribution in [0.2, 0.25) is 0 Å². The smallest absolute Gasteiger partial charge is 0.397 e. The molecule has 51 nitrogen and oxygen atoms in total. The van der Waals surface area contributed by atoms with Gasteiger partial charge in [0.15, 0.2) is 55.9 Å². The van der Waals surface area contributed by atoms with Gasteiger partial charge >= 0.3 is 74.3 Å². The van der Waals surface area contributed by atoms with Gasteiger partial charge in [0.1, 0.15) is 97.7 Å². The number of carbonyl (C=O) groups is 3. The van der Waals surface area contributed by atoms with Gasteiger partial charge in [0.2, 0.25) is 5.91 Å². The molecule has 0 aliphatic carbocycles. The fourth-order valence-electron chi connectivity index (χ4n) is 11.5. The van der Waals surface area contributed by atoms with Crippen molar-refractivity contribution < 1.29 is 227 Å². The Bertz CT molecular complexity index is 3570. The SMILES string of the molecule is C#CCCC(=O)NCCOCCOCCOCCO[C@H]1[C@H](OC)[C@@H](OC)[C@@H](O[C@H]2[C@H](OC)[C@@H](OC)[C@H](O[C@H]3[C@H](OS(=O)(=O)O)[C@@H](OS(=O)(=O)O)[C@@H](O[C@H]4[C@H](OC)[C@@H](OC)[C@H](O[C@H]5[C@H](OC)[C@@H](OS(=O)(=O)O)[C@@H](OC)O[C@@H]5COS(=O)(=O)O)O[C@H]4C(=O)O)O[C@@H]3COS(=O)(=O)O)O[C@@H]2C(=O)O)O[C@@H]1COS(=O)(=O)O. The van der Waals surface area contributed by atoms with Gasteiger partial charge in [0.25, 0.3) is 0 Å². The highest BCUT2D eigenvalue weighted by Gasteiger charge is 2.62. The molecule has 0 spiro atoms. The molecular formula is C51H85NO50S6. The zero-order chi connectivity index (χ0) is 80.9. The van der Waals surface area contributed by atoms with Crippen LogP contribution < -0.4 is 5.32 Å². The zero-order valence-corrected chi connectivity index (χ0v) is 62.8. The van der Waals surface area contributed by atoms with E-state index in [-0.39, 0.29) is 71.5 Å². The predicted octanol–water partition coefficient (Wildman–Crippen LogP) is -6.94. The second-order valence-electron chi connectivity index (χ2n) is 22.5. The minimum absolute atomic E-state index is 0.0157. The molecule has 5 fully saturated rings. The van der Waals surface area contributed by atoms with Crippen LogP contribution in [-0.4, -0.2) is 389 Å². The first-order chi connectivity index (χ1) is 50.5. The summed E-state index contributed by atoms with van der Waals surface area (Å²) in [5.74, 6) is -2.02. The summed E-state index contributed by atoms with van der Waals surface area (Å²) in [5.41, 5.74) is 0. The summed E-state index contributed by atoms with van der Waals surface area (Å²) in [4.78, 5) is 38.6. The molecule has 0 aromatic heterocycles. The lowest BCUT2D eigenvalue weighted by molar-refractivity contribution is -0.389. The molecule has 0 aromatic carbocycles. The van der Waals surface area contributed by atoms with Gasteiger partial charge in [-0.3, -0.25) is 32.1 Å². The first-order valence-corrected chi connectivity index (χ1v) is 39.1. The molecule has 0 aromatic rings. The van der Waals surface area contributed by atoms with Gasteiger partial charge in [-0.1, -0.05) is 0 Å². The van der Waals surface area contributed by atoms with Crippen molar-refractivity contribution in [2.45, 2.75) is 166 Å². The predicted molar refractivity (Wildman–Crippen MR) is 336 cm³/mol. The summed E-state index contributed by atoms with van der Waals surface area (Å²) >= 11 is 0. The topological polar surface area (TPSA) is 679 Å². The fourth-order valence-corrected chi connectivity index (χ4v) is 13.8. The lowest BCUT2D eigenvalue weighted by Gasteiger charge is -2.51. The summed E-state index contributed by atoms with van der Waals surface area (Å²) in [7, 11) is -26.8. The Morgan fingerprint density at radius 1 is 0.361 bits per heavy atom. The van der Waals surface area contributed by atoms with Crippen LogP contribution in [0.15, 0.2) is 0 Å². The Labute approximate surface area is 618 Å². The number of ether oxygens (including phenoxy) is 21. The minimum Gasteiger partial charge on any atom is -0.479 e. The normalized spacial score (nSPS) is 34.0. The number of amides is 1. The first kappa shape index (κ1) is 94.9. The number of hydrogen-bond donors (Lipinski definition) is 9. The maximum Gasteiger partial charge on any atom is 0.397 e. The van der Waals surface area contributed by atoms with E-state index in [4.69, 9.17) is 118 Å². The van der Waals surface area contributed by atoms with Gasteiger partial charge in [-0.15, -0.1) is 12.3 Å². The number of hydrogen-bond acceptors (Lipinski definition) is 42. The molecule has 25 atom stereocenters. The van der Waals surface area contributed by atoms with E-state index in [1.807, 2.05) is 0 Å². The van der Waals surface area contributed by atoms with Gasteiger partial charge in [0.05, 0.1) is 66.1 Å². The molecule has 1 amide bonds. The number of carboxylic acids is 2. The van der Waals surface area contributed by atoms with Gasteiger partial charge < -0.3 is 115 Å². The van der Waals surface area contributed by atoms with Crippen molar-refractivity contribution >= 4 is 80.2 Å². The van der Waals surface area contributed by atoms with Crippen molar-refractivity contribution in [2.75, 3.05) is 129 Å². The van der Waals surface area contributed by atoms with Crippen molar-refractivity contribution in [1.29, 1.82) is 0 Å². The quantitative estimate of drug-likeness (QED) is 0.0155. The average Bonchev–Trinajstić information content (AvgIpc) is 0.757. The van der Waals surface area contributed by atoms with E-state index in [1.54, 1.807) is 0 Å². The number of rotatable bonds is 48. The van der Waals surface area contributed by atoms with Crippen molar-refractivity contribution in [3.63, 3.8) is 0 Å². The summed E-state index contributed by atoms with van der Waals surface area (Å²) in [6.45, 7) is -3.67. The van der Waals surface area contributed by atoms with E-state index in [2.05, 4.69) is 23.8 Å². The first-order valence-electron chi connectivity index (χ1n) is 30.9. The number of carboxylic acid groups (broad SMARTS) is 2. The van der Waals surface area contributed by atoms with Crippen LogP contribution in [0.4, 0.5) is 0 Å². The van der Waals surface area contributed by atoms with Crippen molar-refractivity contribution in [3.05, 3.63) is 0 Å². The Morgan fingerprint density at radius 2 is 0.667 bits per heavy atom. The Kier molecular flexibility index (Phi) is 38.0. The van der Waals surface area contributed by atoms with E-state index in [9.17, 15) is 102 Å². The van der Waals surface area contributed by atoms with Crippen LogP contribution in [0, 0.1) is 12.3 Å². The number of carbonyl (C=O) groups excluding carboxylic acids is 1. The highest BCUT2D eigenvalue weighted by molar-refractivity contribution is 7.82. The van der Waals surface area contributed by atoms with Gasteiger partial charge in [-0.2, -0.15) is 50.5 Å². The van der Waals surface area contributed by atoms with Gasteiger partial charge in [0, 0.05) is 76.3 Å². The summed E-state index contributed by atoms with van der Waals surface area (Å²) in [6, 6.07) is 0. The third-order valence-electron chi connectivity index (χ3n) is 15.7. The highest BCUT2D eigenvalue weighted by Crippen LogP contribution is 2.41. The second kappa shape index (κ2) is 43.2. The molecule has 0 radical (unpaired) electrons. The lowest BCUT2D eigenvalue weighted by atomic mass is 9.94. The monoisotopic (exact) mass is 1700 g/mol.